The summed E-state index contributed by atoms with van der Waals surface area (Å²) >= 11 is 5.81. The first-order valence-corrected chi connectivity index (χ1v) is 11.2. The van der Waals surface area contributed by atoms with Gasteiger partial charge in [-0.1, -0.05) is 37.6 Å². The van der Waals surface area contributed by atoms with Crippen LogP contribution >= 0.6 is 11.6 Å². The highest BCUT2D eigenvalue weighted by Gasteiger charge is 2.22. The van der Waals surface area contributed by atoms with E-state index in [-0.39, 0.29) is 12.2 Å². The Morgan fingerprint density at radius 3 is 2.36 bits per heavy atom. The van der Waals surface area contributed by atoms with Gasteiger partial charge in [0, 0.05) is 23.8 Å². The van der Waals surface area contributed by atoms with Crippen LogP contribution in [0.3, 0.4) is 0 Å². The fraction of sp³-hybridized carbons (Fsp3) is 0.542. The Labute approximate surface area is 173 Å². The average Bonchev–Trinajstić information content (AvgIpc) is 2.74. The fourth-order valence-electron chi connectivity index (χ4n) is 4.21. The average molecular weight is 399 g/mol. The monoisotopic (exact) mass is 398 g/mol. The van der Waals surface area contributed by atoms with Crippen LogP contribution in [0, 0.1) is 5.92 Å². The summed E-state index contributed by atoms with van der Waals surface area (Å²) < 4.78 is 0. The number of aryl methyl sites for hydroxylation is 1. The molecule has 2 aromatic rings. The van der Waals surface area contributed by atoms with Gasteiger partial charge in [-0.3, -0.25) is 4.79 Å². The number of rotatable bonds is 9. The summed E-state index contributed by atoms with van der Waals surface area (Å²) in [5.41, 5.74) is 3.23. The minimum Gasteiger partial charge on any atom is -0.294 e. The van der Waals surface area contributed by atoms with E-state index in [0.717, 1.165) is 36.6 Å². The van der Waals surface area contributed by atoms with Crippen molar-refractivity contribution in [2.45, 2.75) is 70.6 Å². The molecule has 0 aliphatic heterocycles. The zero-order valence-corrected chi connectivity index (χ0v) is 17.6. The molecule has 0 atom stereocenters. The summed E-state index contributed by atoms with van der Waals surface area (Å²) in [6.07, 6.45) is 13.6. The summed E-state index contributed by atoms with van der Waals surface area (Å²) in [6.45, 7) is 2.16. The van der Waals surface area contributed by atoms with Gasteiger partial charge in [0.2, 0.25) is 0 Å². The van der Waals surface area contributed by atoms with Crippen LogP contribution in [0.25, 0.3) is 0 Å². The smallest absolute Gasteiger partial charge is 0.170 e. The zero-order valence-electron chi connectivity index (χ0n) is 16.9. The van der Waals surface area contributed by atoms with Gasteiger partial charge in [-0.2, -0.15) is 0 Å². The summed E-state index contributed by atoms with van der Waals surface area (Å²) in [7, 11) is 0. The number of hydrogen-bond acceptors (Lipinski definition) is 3. The van der Waals surface area contributed by atoms with Gasteiger partial charge in [0.1, 0.15) is 5.82 Å². The zero-order chi connectivity index (χ0) is 19.8. The number of hydrogen-bond donors (Lipinski definition) is 0. The number of alkyl halides is 1. The second-order valence-corrected chi connectivity index (χ2v) is 8.41. The second kappa shape index (κ2) is 10.7. The van der Waals surface area contributed by atoms with E-state index in [9.17, 15) is 4.79 Å². The molecule has 1 aliphatic rings. The molecular formula is C24H31ClN2O. The predicted molar refractivity (Wildman–Crippen MR) is 115 cm³/mol. The lowest BCUT2D eigenvalue weighted by Crippen LogP contribution is -2.14. The molecule has 0 bridgehead atoms. The van der Waals surface area contributed by atoms with Gasteiger partial charge in [0.15, 0.2) is 5.78 Å². The normalized spacial score (nSPS) is 19.5. The maximum absolute atomic E-state index is 12.5. The largest absolute Gasteiger partial charge is 0.294 e. The van der Waals surface area contributed by atoms with E-state index in [1.54, 1.807) is 0 Å². The highest BCUT2D eigenvalue weighted by Crippen LogP contribution is 2.37. The van der Waals surface area contributed by atoms with Gasteiger partial charge in [0.25, 0.3) is 0 Å². The minimum atomic E-state index is 0.0793. The number of carbonyl (C=O) groups excluding carboxylic acids is 1. The van der Waals surface area contributed by atoms with Crippen molar-refractivity contribution >= 4 is 17.4 Å². The molecule has 1 saturated carbocycles. The number of aromatic nitrogens is 2. The molecule has 0 N–H and O–H groups in total. The number of halogens is 1. The molecule has 4 heteroatoms. The van der Waals surface area contributed by atoms with Crippen molar-refractivity contribution in [3.8, 4) is 0 Å². The Morgan fingerprint density at radius 1 is 1.07 bits per heavy atom. The lowest BCUT2D eigenvalue weighted by molar-refractivity contribution is 0.0990. The van der Waals surface area contributed by atoms with Gasteiger partial charge in [0.05, 0.1) is 6.42 Å². The van der Waals surface area contributed by atoms with Crippen LogP contribution in [0.4, 0.5) is 0 Å². The van der Waals surface area contributed by atoms with Crippen molar-refractivity contribution < 1.29 is 4.79 Å². The SMILES string of the molecule is CCCc1ccc(C(=O)Cc2ncc(C3CCC(CCCCl)CC3)cn2)cc1. The molecule has 1 aromatic heterocycles. The number of benzene rings is 1. The maximum atomic E-state index is 12.5. The van der Waals surface area contributed by atoms with Crippen LogP contribution in [0.2, 0.25) is 0 Å². The Hall–Kier alpha value is -1.74. The second-order valence-electron chi connectivity index (χ2n) is 8.03. The van der Waals surface area contributed by atoms with Crippen LogP contribution in [0.15, 0.2) is 36.7 Å². The molecule has 28 heavy (non-hydrogen) atoms. The minimum absolute atomic E-state index is 0.0793. The van der Waals surface area contributed by atoms with Crippen LogP contribution in [-0.2, 0) is 12.8 Å². The molecule has 150 valence electrons. The summed E-state index contributed by atoms with van der Waals surface area (Å²) in [4.78, 5) is 21.5. The third kappa shape index (κ3) is 5.88. The molecule has 3 rings (SSSR count). The molecule has 3 nitrogen and oxygen atoms in total. The third-order valence-electron chi connectivity index (χ3n) is 5.92. The molecular weight excluding hydrogens is 368 g/mol. The topological polar surface area (TPSA) is 42.9 Å². The Kier molecular flexibility index (Phi) is 8.02. The van der Waals surface area contributed by atoms with Crippen LogP contribution in [0.1, 0.15) is 85.1 Å². The first-order valence-electron chi connectivity index (χ1n) is 10.7. The molecule has 1 heterocycles. The molecule has 0 spiro atoms. The van der Waals surface area contributed by atoms with Gasteiger partial charge in [-0.05, 0) is 67.9 Å². The number of carbonyl (C=O) groups is 1. The first-order chi connectivity index (χ1) is 13.7. The number of nitrogens with zero attached hydrogens (tertiary/aromatic N) is 2. The van der Waals surface area contributed by atoms with E-state index in [1.165, 1.54) is 43.2 Å². The Balaban J connectivity index is 1.52. The van der Waals surface area contributed by atoms with Crippen molar-refractivity contribution in [3.63, 3.8) is 0 Å². The Bertz CT molecular complexity index is 734. The van der Waals surface area contributed by atoms with E-state index in [4.69, 9.17) is 11.6 Å². The van der Waals surface area contributed by atoms with E-state index >= 15 is 0 Å². The van der Waals surface area contributed by atoms with Crippen LogP contribution in [0.5, 0.6) is 0 Å². The third-order valence-corrected chi connectivity index (χ3v) is 6.19. The molecule has 1 aliphatic carbocycles. The van der Waals surface area contributed by atoms with E-state index in [1.807, 2.05) is 36.7 Å². The summed E-state index contributed by atoms with van der Waals surface area (Å²) in [5.74, 6) is 2.86. The molecule has 0 amide bonds. The Morgan fingerprint density at radius 2 is 1.75 bits per heavy atom. The van der Waals surface area contributed by atoms with E-state index in [2.05, 4.69) is 16.9 Å². The maximum Gasteiger partial charge on any atom is 0.170 e. The van der Waals surface area contributed by atoms with Crippen molar-refractivity contribution in [2.75, 3.05) is 5.88 Å². The summed E-state index contributed by atoms with van der Waals surface area (Å²) in [5, 5.41) is 0. The molecule has 1 fully saturated rings. The lowest BCUT2D eigenvalue weighted by Gasteiger charge is -2.28. The van der Waals surface area contributed by atoms with Crippen molar-refractivity contribution in [1.29, 1.82) is 0 Å². The standard InChI is InChI=1S/C24H31ClN2O/c1-2-4-18-8-12-21(13-9-18)23(28)15-24-26-16-22(17-27-24)20-10-6-19(7-11-20)5-3-14-25/h8-9,12-13,16-17,19-20H,2-7,10-11,14-15H2,1H3. The van der Waals surface area contributed by atoms with E-state index < -0.39 is 0 Å². The van der Waals surface area contributed by atoms with Gasteiger partial charge in [-0.15, -0.1) is 11.6 Å². The fourth-order valence-corrected chi connectivity index (χ4v) is 4.36. The number of ketones is 1. The highest BCUT2D eigenvalue weighted by molar-refractivity contribution is 6.17. The molecule has 0 radical (unpaired) electrons. The predicted octanol–water partition coefficient (Wildman–Crippen LogP) is 6.15. The number of Topliss-reactive ketones (excluding diaryl/α,β-unsaturated/α-hetero) is 1. The highest BCUT2D eigenvalue weighted by atomic mass is 35.5. The van der Waals surface area contributed by atoms with Crippen LogP contribution in [-0.4, -0.2) is 21.6 Å². The van der Waals surface area contributed by atoms with Gasteiger partial charge >= 0.3 is 0 Å². The molecule has 1 aromatic carbocycles. The van der Waals surface area contributed by atoms with Crippen molar-refractivity contribution in [2.24, 2.45) is 5.92 Å². The summed E-state index contributed by atoms with van der Waals surface area (Å²) in [6, 6.07) is 7.93. The molecule has 0 unspecified atom stereocenters. The quantitative estimate of drug-likeness (QED) is 0.376. The van der Waals surface area contributed by atoms with Crippen molar-refractivity contribution in [3.05, 3.63) is 59.2 Å². The van der Waals surface area contributed by atoms with Crippen molar-refractivity contribution in [1.82, 2.24) is 9.97 Å². The van der Waals surface area contributed by atoms with E-state index in [0.29, 0.717) is 11.7 Å². The van der Waals surface area contributed by atoms with Gasteiger partial charge < -0.3 is 0 Å². The lowest BCUT2D eigenvalue weighted by atomic mass is 9.78. The van der Waals surface area contributed by atoms with Gasteiger partial charge in [-0.25, -0.2) is 9.97 Å². The van der Waals surface area contributed by atoms with Crippen LogP contribution < -0.4 is 0 Å². The molecule has 0 saturated heterocycles. The first kappa shape index (κ1) is 21.0.